The number of hydrogen-bond donors (Lipinski definition) is 1. The number of rotatable bonds is 4. The maximum Gasteiger partial charge on any atom is 0.326 e. The number of urea groups is 1. The van der Waals surface area contributed by atoms with Crippen molar-refractivity contribution in [2.75, 3.05) is 10.2 Å². The van der Waals surface area contributed by atoms with Crippen molar-refractivity contribution < 1.29 is 6.22 Å². The van der Waals surface area contributed by atoms with Crippen LogP contribution in [0.15, 0.2) is 84.9 Å². The molecule has 3 rings (SSSR count). The van der Waals surface area contributed by atoms with Crippen LogP contribution in [0.4, 0.5) is 16.2 Å². The summed E-state index contributed by atoms with van der Waals surface area (Å²) in [6.07, 6.45) is 0. The van der Waals surface area contributed by atoms with E-state index in [2.05, 4.69) is 5.32 Å². The van der Waals surface area contributed by atoms with E-state index >= 15 is 0 Å². The largest absolute Gasteiger partial charge is 0.326 e. The van der Waals surface area contributed by atoms with Gasteiger partial charge in [0.15, 0.2) is 0 Å². The zero-order valence-electron chi connectivity index (χ0n) is 13.6. The molecule has 0 aliphatic heterocycles. The second kappa shape index (κ2) is 7.47. The number of anilines is 2. The van der Waals surface area contributed by atoms with Gasteiger partial charge in [-0.15, -0.1) is 0 Å². The van der Waals surface area contributed by atoms with Crippen LogP contribution in [-0.4, -0.2) is 6.03 Å². The summed E-state index contributed by atoms with van der Waals surface area (Å²) in [6, 6.07) is 27.3. The zero-order valence-corrected chi connectivity index (χ0v) is 13.6. The van der Waals surface area contributed by atoms with E-state index in [1.165, 1.54) is 5.56 Å². The molecule has 0 heterocycles. The van der Waals surface area contributed by atoms with Gasteiger partial charge in [0.05, 0.1) is 6.54 Å². The van der Waals surface area contributed by atoms with E-state index in [0.717, 1.165) is 16.9 Å². The number of carbonyl (C=O) groups is 1. The van der Waals surface area contributed by atoms with Gasteiger partial charge >= 0.3 is 6.03 Å². The third-order valence-electron chi connectivity index (χ3n) is 3.80. The van der Waals surface area contributed by atoms with Crippen LogP contribution in [0.25, 0.3) is 0 Å². The molecule has 0 fully saturated rings. The fraction of sp³-hybridized carbons (Fsp3) is 0.0952. The second-order valence-corrected chi connectivity index (χ2v) is 5.70. The van der Waals surface area contributed by atoms with Gasteiger partial charge in [0.2, 0.25) is 0 Å². The van der Waals surface area contributed by atoms with E-state index in [1.54, 1.807) is 4.90 Å². The van der Waals surface area contributed by atoms with Crippen LogP contribution in [-0.2, 0) is 6.54 Å². The molecule has 0 atom stereocenters. The fourth-order valence-corrected chi connectivity index (χ4v) is 2.48. The number of aryl methyl sites for hydroxylation is 1. The molecule has 2 amide bonds. The lowest BCUT2D eigenvalue weighted by atomic mass is 10.2. The van der Waals surface area contributed by atoms with Gasteiger partial charge in [-0.25, -0.2) is 4.79 Å². The summed E-state index contributed by atoms with van der Waals surface area (Å²) < 4.78 is 0. The van der Waals surface area contributed by atoms with E-state index in [-0.39, 0.29) is 7.46 Å². The van der Waals surface area contributed by atoms with Crippen LogP contribution in [0.5, 0.6) is 0 Å². The molecule has 0 bridgehead atoms. The highest BCUT2D eigenvalue weighted by molar-refractivity contribution is 6.01. The monoisotopic (exact) mass is 318 g/mol. The van der Waals surface area contributed by atoms with Gasteiger partial charge < -0.3 is 5.32 Å². The van der Waals surface area contributed by atoms with Crippen LogP contribution >= 0.6 is 0 Å². The normalized spacial score (nSPS) is 10.2. The summed E-state index contributed by atoms with van der Waals surface area (Å²) in [6.45, 7) is 2.55. The Kier molecular flexibility index (Phi) is 4.92. The van der Waals surface area contributed by atoms with Crippen LogP contribution < -0.4 is 10.2 Å². The minimum absolute atomic E-state index is 0. The number of nitrogens with one attached hydrogen (secondary N) is 1. The minimum Gasteiger partial charge on any atom is -0.308 e. The zero-order chi connectivity index (χ0) is 16.8. The molecule has 24 heavy (non-hydrogen) atoms. The van der Waals surface area contributed by atoms with E-state index < -0.39 is 0 Å². The van der Waals surface area contributed by atoms with Gasteiger partial charge in [-0.2, -0.15) is 0 Å². The maximum absolute atomic E-state index is 12.8. The van der Waals surface area contributed by atoms with Gasteiger partial charge in [-0.3, -0.25) is 4.90 Å². The SMILES string of the molecule is Cc1ccc(N(Cc2ccccc2)C(=O)Nc2ccccc2)cc1.[HH]. The van der Waals surface area contributed by atoms with Crippen LogP contribution in [0.1, 0.15) is 12.6 Å². The highest BCUT2D eigenvalue weighted by atomic mass is 16.2. The van der Waals surface area contributed by atoms with E-state index in [9.17, 15) is 4.79 Å². The third-order valence-corrected chi connectivity index (χ3v) is 3.80. The smallest absolute Gasteiger partial charge is 0.308 e. The fourth-order valence-electron chi connectivity index (χ4n) is 2.48. The first-order valence-electron chi connectivity index (χ1n) is 7.96. The Bertz CT molecular complexity index is 789. The third kappa shape index (κ3) is 4.02. The summed E-state index contributed by atoms with van der Waals surface area (Å²) in [4.78, 5) is 14.6. The number of carbonyl (C=O) groups excluding carboxylic acids is 1. The standard InChI is InChI=1S/C21H20N2O.H2/c1-17-12-14-20(15-13-17)23(16-18-8-4-2-5-9-18)21(24)22-19-10-6-3-7-11-19;/h2-15H,16H2,1H3,(H,22,24);1H. The molecule has 122 valence electrons. The van der Waals surface area contributed by atoms with Crippen molar-refractivity contribution in [3.8, 4) is 0 Å². The average Bonchev–Trinajstić information content (AvgIpc) is 2.62. The molecule has 0 aliphatic carbocycles. The van der Waals surface area contributed by atoms with Crippen molar-refractivity contribution in [2.24, 2.45) is 0 Å². The lowest BCUT2D eigenvalue weighted by Crippen LogP contribution is -2.34. The number of nitrogens with zero attached hydrogens (tertiary/aromatic N) is 1. The number of amides is 2. The summed E-state index contributed by atoms with van der Waals surface area (Å²) >= 11 is 0. The van der Waals surface area contributed by atoms with Gasteiger partial charge in [-0.05, 0) is 36.8 Å². The van der Waals surface area contributed by atoms with Crippen LogP contribution in [0, 0.1) is 6.92 Å². The molecular formula is C21H22N2O. The Hall–Kier alpha value is -3.07. The molecule has 0 aliphatic rings. The average molecular weight is 318 g/mol. The molecule has 3 heteroatoms. The van der Waals surface area contributed by atoms with E-state index in [1.807, 2.05) is 91.9 Å². The maximum atomic E-state index is 12.8. The van der Waals surface area contributed by atoms with Crippen molar-refractivity contribution in [1.29, 1.82) is 0 Å². The molecule has 3 aromatic carbocycles. The molecule has 0 aromatic heterocycles. The topological polar surface area (TPSA) is 32.3 Å². The molecule has 0 saturated heterocycles. The van der Waals surface area contributed by atoms with Crippen molar-refractivity contribution in [3.05, 3.63) is 96.1 Å². The summed E-state index contributed by atoms with van der Waals surface area (Å²) in [5, 5.41) is 2.96. The van der Waals surface area contributed by atoms with Crippen molar-refractivity contribution in [3.63, 3.8) is 0 Å². The summed E-state index contributed by atoms with van der Waals surface area (Å²) in [5.74, 6) is 0. The molecule has 0 unspecified atom stereocenters. The molecule has 3 aromatic rings. The first-order valence-corrected chi connectivity index (χ1v) is 7.96. The van der Waals surface area contributed by atoms with Gasteiger partial charge in [0.25, 0.3) is 0 Å². The lowest BCUT2D eigenvalue weighted by molar-refractivity contribution is 0.256. The minimum atomic E-state index is -0.145. The Labute approximate surface area is 144 Å². The number of hydrogen-bond acceptors (Lipinski definition) is 1. The molecule has 3 nitrogen and oxygen atoms in total. The molecule has 0 spiro atoms. The number of benzene rings is 3. The highest BCUT2D eigenvalue weighted by Crippen LogP contribution is 2.20. The molecular weight excluding hydrogens is 296 g/mol. The van der Waals surface area contributed by atoms with Crippen LogP contribution in [0.3, 0.4) is 0 Å². The Morgan fingerprint density at radius 1 is 0.875 bits per heavy atom. The van der Waals surface area contributed by atoms with Crippen molar-refractivity contribution >= 4 is 17.4 Å². The molecule has 0 saturated carbocycles. The summed E-state index contributed by atoms with van der Waals surface area (Å²) in [5.41, 5.74) is 3.91. The van der Waals surface area contributed by atoms with Crippen molar-refractivity contribution in [1.82, 2.24) is 0 Å². The van der Waals surface area contributed by atoms with Gasteiger partial charge in [0, 0.05) is 12.8 Å². The van der Waals surface area contributed by atoms with E-state index in [4.69, 9.17) is 0 Å². The van der Waals surface area contributed by atoms with Crippen molar-refractivity contribution in [2.45, 2.75) is 13.5 Å². The second-order valence-electron chi connectivity index (χ2n) is 5.70. The molecule has 0 radical (unpaired) electrons. The Morgan fingerprint density at radius 2 is 1.46 bits per heavy atom. The summed E-state index contributed by atoms with van der Waals surface area (Å²) in [7, 11) is 0. The first kappa shape index (κ1) is 15.8. The predicted molar refractivity (Wildman–Crippen MR) is 101 cm³/mol. The Morgan fingerprint density at radius 3 is 2.08 bits per heavy atom. The van der Waals surface area contributed by atoms with Crippen LogP contribution in [0.2, 0.25) is 0 Å². The van der Waals surface area contributed by atoms with Gasteiger partial charge in [-0.1, -0.05) is 66.2 Å². The lowest BCUT2D eigenvalue weighted by Gasteiger charge is -2.23. The molecule has 1 N–H and O–H groups in total. The first-order chi connectivity index (χ1) is 11.7. The highest BCUT2D eigenvalue weighted by Gasteiger charge is 2.16. The predicted octanol–water partition coefficient (Wildman–Crippen LogP) is 5.48. The quantitative estimate of drug-likeness (QED) is 0.678. The van der Waals surface area contributed by atoms with E-state index in [0.29, 0.717) is 6.54 Å². The number of para-hydroxylation sites is 1. The van der Waals surface area contributed by atoms with Gasteiger partial charge in [0.1, 0.15) is 0 Å². The Balaban J connectivity index is 0.00000225.